The van der Waals surface area contributed by atoms with Crippen LogP contribution >= 0.6 is 0 Å². The quantitative estimate of drug-likeness (QED) is 0.621. The van der Waals surface area contributed by atoms with E-state index in [4.69, 9.17) is 4.74 Å². The first-order valence-corrected chi connectivity index (χ1v) is 5.63. The molecule has 2 bridgehead atoms. The van der Waals surface area contributed by atoms with Crippen molar-refractivity contribution < 1.29 is 9.53 Å². The molecule has 3 atom stereocenters. The Morgan fingerprint density at radius 2 is 2.40 bits per heavy atom. The lowest BCUT2D eigenvalue weighted by Crippen LogP contribution is -2.56. The van der Waals surface area contributed by atoms with E-state index >= 15 is 0 Å². The van der Waals surface area contributed by atoms with Gasteiger partial charge in [-0.25, -0.2) is 4.79 Å². The number of amides is 1. The molecule has 1 aliphatic carbocycles. The highest BCUT2D eigenvalue weighted by Gasteiger charge is 2.45. The minimum Gasteiger partial charge on any atom is -0.453 e. The molecule has 84 valence electrons. The van der Waals surface area contributed by atoms with Crippen LogP contribution in [-0.2, 0) is 4.74 Å². The molecule has 15 heavy (non-hydrogen) atoms. The Morgan fingerprint density at radius 3 is 2.93 bits per heavy atom. The third kappa shape index (κ3) is 1.64. The van der Waals surface area contributed by atoms with Gasteiger partial charge in [-0.15, -0.1) is 0 Å². The summed E-state index contributed by atoms with van der Waals surface area (Å²) in [5.41, 5.74) is 0.156. The van der Waals surface area contributed by atoms with Crippen LogP contribution in [0.2, 0.25) is 0 Å². The van der Waals surface area contributed by atoms with E-state index in [1.54, 1.807) is 0 Å². The third-order valence-corrected chi connectivity index (χ3v) is 3.73. The summed E-state index contributed by atoms with van der Waals surface area (Å²) in [6.45, 7) is 5.22. The second kappa shape index (κ2) is 3.54. The van der Waals surface area contributed by atoms with Gasteiger partial charge in [0.2, 0.25) is 0 Å². The third-order valence-electron chi connectivity index (χ3n) is 3.73. The fraction of sp³-hybridized carbons (Fsp3) is 0.750. The average Bonchev–Trinajstić information content (AvgIpc) is 2.26. The van der Waals surface area contributed by atoms with Gasteiger partial charge in [0.1, 0.15) is 0 Å². The molecule has 3 nitrogen and oxygen atoms in total. The minimum absolute atomic E-state index is 0.156. The maximum Gasteiger partial charge on any atom is 0.410 e. The monoisotopic (exact) mass is 209 g/mol. The number of hydrogen-bond donors (Lipinski definition) is 0. The Balaban J connectivity index is 2.24. The number of ether oxygens (including phenoxy) is 1. The summed E-state index contributed by atoms with van der Waals surface area (Å²) >= 11 is 0. The summed E-state index contributed by atoms with van der Waals surface area (Å²) in [5.74, 6) is 0.591. The van der Waals surface area contributed by atoms with E-state index in [1.807, 2.05) is 4.90 Å². The summed E-state index contributed by atoms with van der Waals surface area (Å²) in [6, 6.07) is 0.254. The fourth-order valence-corrected chi connectivity index (χ4v) is 2.94. The Labute approximate surface area is 91.1 Å². The summed E-state index contributed by atoms with van der Waals surface area (Å²) in [4.78, 5) is 13.5. The predicted octanol–water partition coefficient (Wildman–Crippen LogP) is 2.43. The van der Waals surface area contributed by atoms with E-state index < -0.39 is 0 Å². The molecule has 0 aromatic carbocycles. The molecule has 1 saturated heterocycles. The summed E-state index contributed by atoms with van der Waals surface area (Å²) < 4.78 is 4.83. The van der Waals surface area contributed by atoms with Crippen molar-refractivity contribution in [3.05, 3.63) is 12.2 Å². The number of fused-ring (bicyclic) bond motifs is 2. The number of methoxy groups -OCH3 is 1. The number of hydrogen-bond acceptors (Lipinski definition) is 2. The van der Waals surface area contributed by atoms with Crippen LogP contribution in [0.3, 0.4) is 0 Å². The van der Waals surface area contributed by atoms with Crippen molar-refractivity contribution in [3.63, 3.8) is 0 Å². The zero-order valence-corrected chi connectivity index (χ0v) is 9.69. The van der Waals surface area contributed by atoms with Crippen LogP contribution in [-0.4, -0.2) is 30.7 Å². The molecule has 0 radical (unpaired) electrons. The molecule has 2 heterocycles. The fourth-order valence-electron chi connectivity index (χ4n) is 2.94. The van der Waals surface area contributed by atoms with Crippen molar-refractivity contribution in [2.45, 2.75) is 32.7 Å². The molecule has 3 unspecified atom stereocenters. The maximum absolute atomic E-state index is 11.6. The van der Waals surface area contributed by atoms with Crippen molar-refractivity contribution in [1.82, 2.24) is 4.90 Å². The van der Waals surface area contributed by atoms with E-state index in [-0.39, 0.29) is 17.6 Å². The molecule has 2 aliphatic heterocycles. The van der Waals surface area contributed by atoms with Crippen LogP contribution in [0, 0.1) is 11.3 Å². The van der Waals surface area contributed by atoms with Crippen molar-refractivity contribution >= 4 is 6.09 Å². The highest BCUT2D eigenvalue weighted by Crippen LogP contribution is 2.44. The Kier molecular flexibility index (Phi) is 2.49. The molecule has 0 N–H and O–H groups in total. The van der Waals surface area contributed by atoms with E-state index in [9.17, 15) is 4.79 Å². The van der Waals surface area contributed by atoms with Gasteiger partial charge in [0.05, 0.1) is 13.2 Å². The smallest absolute Gasteiger partial charge is 0.410 e. The SMILES string of the molecule is CCC1CC2(C)C=CC1N(C(=O)OC)C2. The van der Waals surface area contributed by atoms with Crippen molar-refractivity contribution in [1.29, 1.82) is 0 Å². The molecule has 0 aromatic rings. The Hall–Kier alpha value is -0.990. The van der Waals surface area contributed by atoms with E-state index in [1.165, 1.54) is 13.5 Å². The van der Waals surface area contributed by atoms with Gasteiger partial charge in [-0.2, -0.15) is 0 Å². The van der Waals surface area contributed by atoms with Gasteiger partial charge in [-0.3, -0.25) is 0 Å². The molecular weight excluding hydrogens is 190 g/mol. The average molecular weight is 209 g/mol. The second-order valence-corrected chi connectivity index (χ2v) is 4.97. The minimum atomic E-state index is -0.186. The molecule has 1 fully saturated rings. The van der Waals surface area contributed by atoms with Crippen molar-refractivity contribution in [3.8, 4) is 0 Å². The van der Waals surface area contributed by atoms with Gasteiger partial charge in [0.15, 0.2) is 0 Å². The van der Waals surface area contributed by atoms with Gasteiger partial charge in [-0.1, -0.05) is 32.4 Å². The lowest BCUT2D eigenvalue weighted by molar-refractivity contribution is 0.0295. The van der Waals surface area contributed by atoms with E-state index in [0.717, 1.165) is 13.0 Å². The van der Waals surface area contributed by atoms with Gasteiger partial charge in [-0.05, 0) is 12.3 Å². The molecule has 3 aliphatic rings. The van der Waals surface area contributed by atoms with Crippen molar-refractivity contribution in [2.24, 2.45) is 11.3 Å². The number of piperidine rings is 1. The van der Waals surface area contributed by atoms with Crippen LogP contribution < -0.4 is 0 Å². The number of rotatable bonds is 1. The van der Waals surface area contributed by atoms with E-state index in [2.05, 4.69) is 26.0 Å². The van der Waals surface area contributed by atoms with E-state index in [0.29, 0.717) is 5.92 Å². The van der Waals surface area contributed by atoms with Gasteiger partial charge >= 0.3 is 6.09 Å². The molecule has 0 aromatic heterocycles. The first-order valence-electron chi connectivity index (χ1n) is 5.63. The summed E-state index contributed by atoms with van der Waals surface area (Å²) in [7, 11) is 1.46. The Bertz CT molecular complexity index is 300. The first kappa shape index (κ1) is 10.5. The number of carbonyl (C=O) groups excluding carboxylic acids is 1. The van der Waals surface area contributed by atoms with Crippen molar-refractivity contribution in [2.75, 3.05) is 13.7 Å². The number of nitrogens with zero attached hydrogens (tertiary/aromatic N) is 1. The molecule has 3 heteroatoms. The molecule has 0 saturated carbocycles. The zero-order chi connectivity index (χ0) is 11.1. The van der Waals surface area contributed by atoms with Crippen LogP contribution in [0.25, 0.3) is 0 Å². The summed E-state index contributed by atoms with van der Waals surface area (Å²) in [6.07, 6.45) is 6.58. The van der Waals surface area contributed by atoms with Crippen LogP contribution in [0.4, 0.5) is 4.79 Å². The molecule has 0 spiro atoms. The highest BCUT2D eigenvalue weighted by molar-refractivity contribution is 5.69. The van der Waals surface area contributed by atoms with Gasteiger partial charge < -0.3 is 9.64 Å². The molecule has 3 rings (SSSR count). The predicted molar refractivity (Wildman–Crippen MR) is 58.5 cm³/mol. The summed E-state index contributed by atoms with van der Waals surface area (Å²) in [5, 5.41) is 0. The van der Waals surface area contributed by atoms with Crippen LogP contribution in [0.5, 0.6) is 0 Å². The van der Waals surface area contributed by atoms with Gasteiger partial charge in [0.25, 0.3) is 0 Å². The largest absolute Gasteiger partial charge is 0.453 e. The standard InChI is InChI=1S/C12H19NO2/c1-4-9-7-12(2)6-5-10(9)13(8-12)11(14)15-3/h5-6,9-10H,4,7-8H2,1-3H3. The normalized spacial score (nSPS) is 38.2. The lowest BCUT2D eigenvalue weighted by Gasteiger charge is -2.50. The van der Waals surface area contributed by atoms with Gasteiger partial charge in [0, 0.05) is 12.0 Å². The molecular formula is C12H19NO2. The number of carbonyl (C=O) groups is 1. The Morgan fingerprint density at radius 1 is 1.67 bits per heavy atom. The highest BCUT2D eigenvalue weighted by atomic mass is 16.5. The van der Waals surface area contributed by atoms with Crippen LogP contribution in [0.15, 0.2) is 12.2 Å². The van der Waals surface area contributed by atoms with Crippen LogP contribution in [0.1, 0.15) is 26.7 Å². The maximum atomic E-state index is 11.6. The molecule has 1 amide bonds. The zero-order valence-electron chi connectivity index (χ0n) is 9.69. The topological polar surface area (TPSA) is 29.5 Å². The second-order valence-electron chi connectivity index (χ2n) is 4.97. The first-order chi connectivity index (χ1) is 7.09. The lowest BCUT2D eigenvalue weighted by atomic mass is 9.68.